The molecular weight excluding hydrogens is 592 g/mol. The first-order valence-corrected chi connectivity index (χ1v) is 15.6. The largest absolute Gasteiger partial charge is 0.459 e. The maximum absolute atomic E-state index is 13.4. The van der Waals surface area contributed by atoms with Gasteiger partial charge in [-0.1, -0.05) is 42.5 Å². The van der Waals surface area contributed by atoms with Gasteiger partial charge < -0.3 is 34.7 Å². The second kappa shape index (κ2) is 16.3. The predicted molar refractivity (Wildman–Crippen MR) is 171 cm³/mol. The Morgan fingerprint density at radius 1 is 1.04 bits per heavy atom. The number of fused-ring (bicyclic) bond motifs is 3. The number of pyridine rings is 1. The molecule has 3 aromatic rings. The van der Waals surface area contributed by atoms with Crippen molar-refractivity contribution >= 4 is 17.4 Å². The highest BCUT2D eigenvalue weighted by molar-refractivity contribution is 5.92. The molecule has 0 unspecified atom stereocenters. The van der Waals surface area contributed by atoms with E-state index in [-0.39, 0.29) is 48.9 Å². The number of aliphatic hydroxyl groups is 1. The first-order valence-electron chi connectivity index (χ1n) is 15.6. The van der Waals surface area contributed by atoms with Crippen molar-refractivity contribution in [2.45, 2.75) is 32.0 Å². The molecule has 1 amide bonds. The maximum atomic E-state index is 13.4. The van der Waals surface area contributed by atoms with E-state index in [0.29, 0.717) is 45.2 Å². The van der Waals surface area contributed by atoms with Crippen LogP contribution in [-0.4, -0.2) is 79.9 Å². The number of benzene rings is 2. The minimum atomic E-state index is -0.669. The number of nitro groups is 1. The number of aromatic nitrogens is 1. The highest BCUT2D eigenvalue weighted by Gasteiger charge is 2.39. The summed E-state index contributed by atoms with van der Waals surface area (Å²) in [6.45, 7) is 4.42. The van der Waals surface area contributed by atoms with E-state index >= 15 is 0 Å². The third kappa shape index (κ3) is 8.07. The number of hydrogen-bond donors (Lipinski definition) is 3. The fourth-order valence-corrected chi connectivity index (χ4v) is 5.95. The third-order valence-corrected chi connectivity index (χ3v) is 8.06. The van der Waals surface area contributed by atoms with E-state index in [1.165, 1.54) is 40.6 Å². The van der Waals surface area contributed by atoms with E-state index < -0.39 is 11.2 Å². The summed E-state index contributed by atoms with van der Waals surface area (Å²) < 4.78 is 23.5. The molecule has 0 bridgehead atoms. The number of nitrogens with zero attached hydrogens (tertiary/aromatic N) is 2. The summed E-state index contributed by atoms with van der Waals surface area (Å²) in [5.41, 5.74) is 5.99. The van der Waals surface area contributed by atoms with Crippen LogP contribution in [0, 0.1) is 16.0 Å². The van der Waals surface area contributed by atoms with Gasteiger partial charge in [0.15, 0.2) is 5.76 Å². The molecule has 2 aromatic carbocycles. The molecule has 12 heteroatoms. The molecule has 244 valence electrons. The Hall–Kier alpha value is -4.36. The fraction of sp³-hybridized carbons (Fsp3) is 0.412. The number of nitrogens with one attached hydrogen (secondary N) is 2. The van der Waals surface area contributed by atoms with E-state index in [4.69, 9.17) is 24.1 Å². The van der Waals surface area contributed by atoms with Crippen LogP contribution in [0.3, 0.4) is 0 Å². The van der Waals surface area contributed by atoms with Gasteiger partial charge in [-0.3, -0.25) is 14.9 Å². The molecule has 0 saturated carbocycles. The monoisotopic (exact) mass is 632 g/mol. The molecule has 0 spiro atoms. The molecule has 1 aliphatic carbocycles. The van der Waals surface area contributed by atoms with Crippen molar-refractivity contribution < 1.29 is 33.8 Å². The van der Waals surface area contributed by atoms with E-state index in [1.54, 1.807) is 0 Å². The lowest BCUT2D eigenvalue weighted by atomic mass is 9.78. The van der Waals surface area contributed by atoms with E-state index in [9.17, 15) is 14.9 Å². The van der Waals surface area contributed by atoms with Crippen LogP contribution in [0.25, 0.3) is 11.1 Å². The van der Waals surface area contributed by atoms with Crippen LogP contribution in [0.2, 0.25) is 0 Å². The molecule has 1 aliphatic heterocycles. The molecular formula is C34H40N4O8. The molecule has 12 nitrogen and oxygen atoms in total. The fourth-order valence-electron chi connectivity index (χ4n) is 5.95. The molecule has 0 radical (unpaired) electrons. The number of rotatable bonds is 17. The van der Waals surface area contributed by atoms with Gasteiger partial charge in [0.2, 0.25) is 6.29 Å². The Bertz CT molecular complexity index is 1510. The van der Waals surface area contributed by atoms with Crippen LogP contribution in [0.1, 0.15) is 36.0 Å². The SMILES string of the molecule is CCO[C@@H]1OC(C(=O)NCCNc2ccc([N+](=O)[O-])cn2)=C[C@H](c2cccc3c2Cc2ccccc2-3)[C@@H]1CCOCCOCCO. The molecule has 3 N–H and O–H groups in total. The number of carbonyl (C=O) groups is 1. The van der Waals surface area contributed by atoms with Gasteiger partial charge in [-0.05, 0) is 59.7 Å². The minimum Gasteiger partial charge on any atom is -0.459 e. The van der Waals surface area contributed by atoms with Crippen LogP contribution >= 0.6 is 0 Å². The van der Waals surface area contributed by atoms with Crippen molar-refractivity contribution in [3.05, 3.63) is 99.4 Å². The quantitative estimate of drug-likeness (QED) is 0.0877. The number of carbonyl (C=O) groups excluding carboxylic acids is 1. The summed E-state index contributed by atoms with van der Waals surface area (Å²) in [7, 11) is 0. The summed E-state index contributed by atoms with van der Waals surface area (Å²) in [4.78, 5) is 27.8. The lowest BCUT2D eigenvalue weighted by molar-refractivity contribution is -0.385. The number of amides is 1. The number of anilines is 1. The molecule has 3 atom stereocenters. The molecule has 0 saturated heterocycles. The zero-order valence-electron chi connectivity index (χ0n) is 25.9. The van der Waals surface area contributed by atoms with Crippen molar-refractivity contribution in [3.63, 3.8) is 0 Å². The van der Waals surface area contributed by atoms with E-state index in [1.807, 2.05) is 13.0 Å². The molecule has 5 rings (SSSR count). The highest BCUT2D eigenvalue weighted by Crippen LogP contribution is 2.45. The smallest absolute Gasteiger partial charge is 0.287 e. The summed E-state index contributed by atoms with van der Waals surface area (Å²) in [5, 5.41) is 25.7. The lowest BCUT2D eigenvalue weighted by Gasteiger charge is -2.37. The number of allylic oxidation sites excluding steroid dienone is 1. The predicted octanol–water partition coefficient (Wildman–Crippen LogP) is 4.18. The number of ether oxygens (including phenoxy) is 4. The molecule has 1 aromatic heterocycles. The second-order valence-corrected chi connectivity index (χ2v) is 10.9. The first-order chi connectivity index (χ1) is 22.5. The second-order valence-electron chi connectivity index (χ2n) is 10.9. The standard InChI is InChI=1S/C34H40N4O8/c1-2-45-34-28(12-16-43-18-19-44-17-15-39)30(27-9-5-8-26-25-7-4-3-6-23(25)20-29(26)27)21-31(46-34)33(40)36-14-13-35-32-11-10-24(22-37-32)38(41)42/h3-11,21-22,28,30,34,39H,2,12-20H2,1H3,(H,35,37)(H,36,40)/t28-,30+,34+/m0/s1. The Morgan fingerprint density at radius 2 is 1.85 bits per heavy atom. The van der Waals surface area contributed by atoms with Crippen LogP contribution < -0.4 is 10.6 Å². The highest BCUT2D eigenvalue weighted by atomic mass is 16.7. The van der Waals surface area contributed by atoms with Crippen molar-refractivity contribution in [3.8, 4) is 11.1 Å². The molecule has 46 heavy (non-hydrogen) atoms. The minimum absolute atomic E-state index is 0.0296. The van der Waals surface area contributed by atoms with Gasteiger partial charge in [-0.2, -0.15) is 0 Å². The van der Waals surface area contributed by atoms with Gasteiger partial charge in [-0.15, -0.1) is 0 Å². The summed E-state index contributed by atoms with van der Waals surface area (Å²) in [6, 6.07) is 17.7. The van der Waals surface area contributed by atoms with E-state index in [2.05, 4.69) is 58.1 Å². The van der Waals surface area contributed by atoms with Gasteiger partial charge in [-0.25, -0.2) is 4.98 Å². The van der Waals surface area contributed by atoms with Crippen molar-refractivity contribution in [1.29, 1.82) is 0 Å². The average Bonchev–Trinajstić information content (AvgIpc) is 3.46. The van der Waals surface area contributed by atoms with Gasteiger partial charge in [0.05, 0.1) is 31.4 Å². The van der Waals surface area contributed by atoms with Crippen LogP contribution in [-0.2, 0) is 30.2 Å². The number of aliphatic hydroxyl groups excluding tert-OH is 1. The Kier molecular flexibility index (Phi) is 11.7. The molecule has 2 aliphatic rings. The topological polar surface area (TPSA) is 154 Å². The van der Waals surface area contributed by atoms with Crippen molar-refractivity contribution in [2.24, 2.45) is 5.92 Å². The Balaban J connectivity index is 1.33. The zero-order chi connectivity index (χ0) is 32.3. The first kappa shape index (κ1) is 33.0. The Morgan fingerprint density at radius 3 is 2.61 bits per heavy atom. The Labute approximate surface area is 267 Å². The van der Waals surface area contributed by atoms with Gasteiger partial charge >= 0.3 is 0 Å². The van der Waals surface area contributed by atoms with E-state index in [0.717, 1.165) is 12.0 Å². The third-order valence-electron chi connectivity index (χ3n) is 8.06. The number of hydrogen-bond acceptors (Lipinski definition) is 10. The zero-order valence-corrected chi connectivity index (χ0v) is 25.9. The maximum Gasteiger partial charge on any atom is 0.287 e. The summed E-state index contributed by atoms with van der Waals surface area (Å²) in [6.07, 6.45) is 3.85. The summed E-state index contributed by atoms with van der Waals surface area (Å²) >= 11 is 0. The van der Waals surface area contributed by atoms with Crippen LogP contribution in [0.5, 0.6) is 0 Å². The van der Waals surface area contributed by atoms with Gasteiger partial charge in [0.1, 0.15) is 12.0 Å². The van der Waals surface area contributed by atoms with Crippen LogP contribution in [0.15, 0.2) is 72.6 Å². The summed E-state index contributed by atoms with van der Waals surface area (Å²) in [5.74, 6) is -0.000283. The van der Waals surface area contributed by atoms with Crippen LogP contribution in [0.4, 0.5) is 11.5 Å². The molecule has 0 fully saturated rings. The van der Waals surface area contributed by atoms with Gasteiger partial charge in [0.25, 0.3) is 11.6 Å². The molecule has 2 heterocycles. The van der Waals surface area contributed by atoms with Crippen molar-refractivity contribution in [1.82, 2.24) is 10.3 Å². The normalized spacial score (nSPS) is 18.2. The lowest BCUT2D eigenvalue weighted by Crippen LogP contribution is -2.40. The average molecular weight is 633 g/mol. The van der Waals surface area contributed by atoms with Gasteiger partial charge in [0, 0.05) is 44.2 Å². The van der Waals surface area contributed by atoms with Crippen molar-refractivity contribution in [2.75, 3.05) is 58.0 Å².